The Labute approximate surface area is 120 Å². The van der Waals surface area contributed by atoms with Crippen LogP contribution >= 0.6 is 11.3 Å². The van der Waals surface area contributed by atoms with Crippen LogP contribution in [-0.2, 0) is 11.3 Å². The van der Waals surface area contributed by atoms with Crippen molar-refractivity contribution in [3.05, 3.63) is 22.7 Å². The first-order valence-electron chi connectivity index (χ1n) is 6.37. The van der Waals surface area contributed by atoms with E-state index in [9.17, 15) is 4.79 Å². The molecule has 0 aliphatic carbocycles. The molecule has 0 spiro atoms. The van der Waals surface area contributed by atoms with Gasteiger partial charge in [-0.3, -0.25) is 10.1 Å². The number of thiophene rings is 1. The highest BCUT2D eigenvalue weighted by molar-refractivity contribution is 7.08. The first-order valence-corrected chi connectivity index (χ1v) is 7.32. The molecule has 0 fully saturated rings. The highest BCUT2D eigenvalue weighted by Gasteiger charge is 2.19. The van der Waals surface area contributed by atoms with Crippen LogP contribution in [0.5, 0.6) is 0 Å². The lowest BCUT2D eigenvalue weighted by Gasteiger charge is -2.14. The van der Waals surface area contributed by atoms with Gasteiger partial charge in [0.2, 0.25) is 11.7 Å². The molecule has 20 heavy (non-hydrogen) atoms. The summed E-state index contributed by atoms with van der Waals surface area (Å²) in [6, 6.07) is 1.30. The van der Waals surface area contributed by atoms with Gasteiger partial charge in [-0.05, 0) is 23.8 Å². The number of carboxylic acids is 1. The molecule has 0 aliphatic heterocycles. The summed E-state index contributed by atoms with van der Waals surface area (Å²) in [5, 5.41) is 19.8. The number of hydrogen-bond acceptors (Lipinski definition) is 6. The van der Waals surface area contributed by atoms with E-state index >= 15 is 0 Å². The van der Waals surface area contributed by atoms with Crippen molar-refractivity contribution < 1.29 is 14.4 Å². The van der Waals surface area contributed by atoms with Gasteiger partial charge in [-0.25, -0.2) is 0 Å². The van der Waals surface area contributed by atoms with Gasteiger partial charge in [-0.1, -0.05) is 19.0 Å². The summed E-state index contributed by atoms with van der Waals surface area (Å²) in [7, 11) is 0. The van der Waals surface area contributed by atoms with Crippen molar-refractivity contribution in [2.24, 2.45) is 5.92 Å². The Morgan fingerprint density at radius 1 is 1.55 bits per heavy atom. The van der Waals surface area contributed by atoms with Crippen molar-refractivity contribution in [1.82, 2.24) is 15.5 Å². The SMILES string of the molecule is CC(C)CC(NCc1nc(-c2ccsc2)no1)C(=O)O. The Morgan fingerprint density at radius 3 is 2.95 bits per heavy atom. The monoisotopic (exact) mass is 295 g/mol. The van der Waals surface area contributed by atoms with E-state index in [4.69, 9.17) is 9.63 Å². The van der Waals surface area contributed by atoms with Gasteiger partial charge in [-0.15, -0.1) is 0 Å². The predicted molar refractivity (Wildman–Crippen MR) is 75.3 cm³/mol. The second-order valence-corrected chi connectivity index (χ2v) is 5.71. The van der Waals surface area contributed by atoms with Gasteiger partial charge < -0.3 is 9.63 Å². The van der Waals surface area contributed by atoms with E-state index in [0.717, 1.165) is 5.56 Å². The van der Waals surface area contributed by atoms with Gasteiger partial charge in [-0.2, -0.15) is 16.3 Å². The minimum atomic E-state index is -0.865. The van der Waals surface area contributed by atoms with Crippen molar-refractivity contribution in [3.63, 3.8) is 0 Å². The van der Waals surface area contributed by atoms with E-state index in [2.05, 4.69) is 15.5 Å². The maximum Gasteiger partial charge on any atom is 0.320 e. The van der Waals surface area contributed by atoms with Gasteiger partial charge in [0.15, 0.2) is 0 Å². The number of aromatic nitrogens is 2. The third-order valence-electron chi connectivity index (χ3n) is 2.75. The summed E-state index contributed by atoms with van der Waals surface area (Å²) in [5.41, 5.74) is 0.905. The summed E-state index contributed by atoms with van der Waals surface area (Å²) >= 11 is 1.56. The minimum Gasteiger partial charge on any atom is -0.480 e. The van der Waals surface area contributed by atoms with E-state index in [-0.39, 0.29) is 6.54 Å². The predicted octanol–water partition coefficient (Wildman–Crippen LogP) is 2.39. The van der Waals surface area contributed by atoms with Crippen LogP contribution in [0.2, 0.25) is 0 Å². The van der Waals surface area contributed by atoms with Gasteiger partial charge in [0.1, 0.15) is 6.04 Å². The molecule has 2 rings (SSSR count). The first kappa shape index (κ1) is 14.7. The number of hydrogen-bond donors (Lipinski definition) is 2. The lowest BCUT2D eigenvalue weighted by Crippen LogP contribution is -2.37. The maximum atomic E-state index is 11.1. The molecule has 0 amide bonds. The summed E-state index contributed by atoms with van der Waals surface area (Å²) in [5.74, 6) is 0.351. The molecule has 1 atom stereocenters. The minimum absolute atomic E-state index is 0.251. The quantitative estimate of drug-likeness (QED) is 0.815. The highest BCUT2D eigenvalue weighted by atomic mass is 32.1. The number of aliphatic carboxylic acids is 1. The second-order valence-electron chi connectivity index (χ2n) is 4.93. The number of carboxylic acid groups (broad SMARTS) is 1. The fourth-order valence-corrected chi connectivity index (χ4v) is 2.42. The molecule has 0 aliphatic rings. The topological polar surface area (TPSA) is 88.3 Å². The maximum absolute atomic E-state index is 11.1. The van der Waals surface area contributed by atoms with Crippen LogP contribution in [0.4, 0.5) is 0 Å². The average Bonchev–Trinajstić information content (AvgIpc) is 3.03. The Bertz CT molecular complexity index is 551. The smallest absolute Gasteiger partial charge is 0.320 e. The molecule has 2 heterocycles. The third-order valence-corrected chi connectivity index (χ3v) is 3.44. The van der Waals surface area contributed by atoms with Crippen LogP contribution in [0.25, 0.3) is 11.4 Å². The van der Waals surface area contributed by atoms with Gasteiger partial charge in [0, 0.05) is 10.9 Å². The molecule has 6 nitrogen and oxygen atoms in total. The zero-order valence-electron chi connectivity index (χ0n) is 11.4. The molecule has 0 saturated heterocycles. The molecule has 1 unspecified atom stereocenters. The lowest BCUT2D eigenvalue weighted by atomic mass is 10.0. The largest absolute Gasteiger partial charge is 0.480 e. The van der Waals surface area contributed by atoms with Crippen molar-refractivity contribution in [2.75, 3.05) is 0 Å². The molecule has 2 aromatic heterocycles. The van der Waals surface area contributed by atoms with Crippen LogP contribution in [-0.4, -0.2) is 27.3 Å². The Balaban J connectivity index is 1.95. The number of rotatable bonds is 7. The van der Waals surface area contributed by atoms with Gasteiger partial charge in [0.25, 0.3) is 0 Å². The second kappa shape index (κ2) is 6.62. The molecule has 0 aromatic carbocycles. The number of carbonyl (C=O) groups is 1. The van der Waals surface area contributed by atoms with Crippen LogP contribution in [0, 0.1) is 5.92 Å². The van der Waals surface area contributed by atoms with Gasteiger partial charge >= 0.3 is 5.97 Å². The first-order chi connectivity index (χ1) is 9.56. The number of nitrogens with zero attached hydrogens (tertiary/aromatic N) is 2. The summed E-state index contributed by atoms with van der Waals surface area (Å²) in [6.07, 6.45) is 0.556. The lowest BCUT2D eigenvalue weighted by molar-refractivity contribution is -0.140. The summed E-state index contributed by atoms with van der Waals surface area (Å²) < 4.78 is 5.11. The summed E-state index contributed by atoms with van der Waals surface area (Å²) in [4.78, 5) is 15.4. The Hall–Kier alpha value is -1.73. The van der Waals surface area contributed by atoms with Crippen LogP contribution < -0.4 is 5.32 Å². The fourth-order valence-electron chi connectivity index (χ4n) is 1.79. The third kappa shape index (κ3) is 3.88. The molecule has 2 N–H and O–H groups in total. The zero-order chi connectivity index (χ0) is 14.5. The molecular formula is C13H17N3O3S. The average molecular weight is 295 g/mol. The van der Waals surface area contributed by atoms with E-state index in [1.54, 1.807) is 11.3 Å². The Kier molecular flexibility index (Phi) is 4.86. The van der Waals surface area contributed by atoms with Crippen LogP contribution in [0.1, 0.15) is 26.2 Å². The zero-order valence-corrected chi connectivity index (χ0v) is 12.2. The normalized spacial score (nSPS) is 12.8. The summed E-state index contributed by atoms with van der Waals surface area (Å²) in [6.45, 7) is 4.22. The van der Waals surface area contributed by atoms with Crippen LogP contribution in [0.15, 0.2) is 21.3 Å². The van der Waals surface area contributed by atoms with E-state index in [0.29, 0.717) is 24.1 Å². The molecule has 108 valence electrons. The molecule has 0 bridgehead atoms. The van der Waals surface area contributed by atoms with E-state index < -0.39 is 12.0 Å². The number of nitrogens with one attached hydrogen (secondary N) is 1. The molecule has 2 aromatic rings. The fraction of sp³-hybridized carbons (Fsp3) is 0.462. The van der Waals surface area contributed by atoms with Crippen molar-refractivity contribution in [3.8, 4) is 11.4 Å². The Morgan fingerprint density at radius 2 is 2.35 bits per heavy atom. The van der Waals surface area contributed by atoms with E-state index in [1.807, 2.05) is 30.7 Å². The van der Waals surface area contributed by atoms with E-state index in [1.165, 1.54) is 0 Å². The van der Waals surface area contributed by atoms with Crippen molar-refractivity contribution in [1.29, 1.82) is 0 Å². The molecule has 0 radical (unpaired) electrons. The van der Waals surface area contributed by atoms with Gasteiger partial charge in [0.05, 0.1) is 6.54 Å². The highest BCUT2D eigenvalue weighted by Crippen LogP contribution is 2.18. The van der Waals surface area contributed by atoms with Crippen molar-refractivity contribution >= 4 is 17.3 Å². The molecular weight excluding hydrogens is 278 g/mol. The van der Waals surface area contributed by atoms with Crippen LogP contribution in [0.3, 0.4) is 0 Å². The molecule has 7 heteroatoms. The molecule has 0 saturated carbocycles. The standard InChI is InChI=1S/C13H17N3O3S/c1-8(2)5-10(13(17)18)14-6-11-15-12(16-19-11)9-3-4-20-7-9/h3-4,7-8,10,14H,5-6H2,1-2H3,(H,17,18). The van der Waals surface area contributed by atoms with Crippen molar-refractivity contribution in [2.45, 2.75) is 32.9 Å².